The average Bonchev–Trinajstić information content (AvgIpc) is 2.72. The minimum atomic E-state index is 0.0164. The molecule has 1 aromatic heterocycles. The van der Waals surface area contributed by atoms with Crippen LogP contribution in [0.5, 0.6) is 0 Å². The van der Waals surface area contributed by atoms with Gasteiger partial charge in [-0.3, -0.25) is 9.89 Å². The van der Waals surface area contributed by atoms with Crippen molar-refractivity contribution in [1.29, 1.82) is 0 Å². The van der Waals surface area contributed by atoms with Gasteiger partial charge in [0.05, 0.1) is 5.69 Å². The molecule has 0 bridgehead atoms. The molecule has 3 nitrogen and oxygen atoms in total. The first-order chi connectivity index (χ1) is 8.31. The Bertz CT molecular complexity index is 511. The second-order valence-electron chi connectivity index (χ2n) is 4.25. The van der Waals surface area contributed by atoms with Gasteiger partial charge in [0, 0.05) is 11.8 Å². The molecule has 0 aliphatic carbocycles. The van der Waals surface area contributed by atoms with E-state index in [0.717, 1.165) is 24.2 Å². The Morgan fingerprint density at radius 1 is 1.18 bits per heavy atom. The molecule has 1 N–H and O–H groups in total. The van der Waals surface area contributed by atoms with Gasteiger partial charge in [-0.25, -0.2) is 4.68 Å². The summed E-state index contributed by atoms with van der Waals surface area (Å²) in [5.41, 5.74) is 1.93. The maximum atomic E-state index is 11.8. The number of aromatic nitrogens is 2. The van der Waals surface area contributed by atoms with E-state index >= 15 is 0 Å². The molecule has 0 saturated carbocycles. The highest BCUT2D eigenvalue weighted by molar-refractivity contribution is 5.30. The van der Waals surface area contributed by atoms with Crippen molar-refractivity contribution < 1.29 is 0 Å². The number of para-hydroxylation sites is 1. The largest absolute Gasteiger partial charge is 0.295 e. The standard InChI is InChI=1S/C14H18N2O/c1-2-3-5-8-12-11-14(17)16(15-12)13-9-6-4-7-10-13/h4,6-7,9-11,15H,2-3,5,8H2,1H3. The average molecular weight is 230 g/mol. The lowest BCUT2D eigenvalue weighted by Gasteiger charge is -2.01. The van der Waals surface area contributed by atoms with E-state index in [1.807, 2.05) is 30.3 Å². The predicted molar refractivity (Wildman–Crippen MR) is 69.6 cm³/mol. The summed E-state index contributed by atoms with van der Waals surface area (Å²) in [7, 11) is 0. The third kappa shape index (κ3) is 2.87. The number of hydrogen-bond acceptors (Lipinski definition) is 1. The van der Waals surface area contributed by atoms with Crippen molar-refractivity contribution in [2.75, 3.05) is 0 Å². The topological polar surface area (TPSA) is 37.8 Å². The van der Waals surface area contributed by atoms with Crippen LogP contribution in [0.4, 0.5) is 0 Å². The number of aryl methyl sites for hydroxylation is 1. The molecule has 3 heteroatoms. The zero-order valence-corrected chi connectivity index (χ0v) is 10.1. The van der Waals surface area contributed by atoms with Crippen LogP contribution < -0.4 is 5.56 Å². The minimum Gasteiger partial charge on any atom is -0.295 e. The summed E-state index contributed by atoms with van der Waals surface area (Å²) >= 11 is 0. The molecule has 1 heterocycles. The lowest BCUT2D eigenvalue weighted by Crippen LogP contribution is -2.12. The maximum absolute atomic E-state index is 11.8. The van der Waals surface area contributed by atoms with Crippen molar-refractivity contribution >= 4 is 0 Å². The SMILES string of the molecule is CCCCCc1cc(=O)n(-c2ccccc2)[nH]1. The molecule has 0 saturated heterocycles. The van der Waals surface area contributed by atoms with E-state index in [1.165, 1.54) is 12.8 Å². The monoisotopic (exact) mass is 230 g/mol. The van der Waals surface area contributed by atoms with E-state index in [4.69, 9.17) is 0 Å². The summed E-state index contributed by atoms with van der Waals surface area (Å²) in [5, 5.41) is 3.16. The van der Waals surface area contributed by atoms with Crippen LogP contribution in [-0.4, -0.2) is 9.78 Å². The smallest absolute Gasteiger partial charge is 0.271 e. The third-order valence-electron chi connectivity index (χ3n) is 2.84. The van der Waals surface area contributed by atoms with Crippen LogP contribution in [0.2, 0.25) is 0 Å². The summed E-state index contributed by atoms with van der Waals surface area (Å²) in [6.45, 7) is 2.18. The zero-order chi connectivity index (χ0) is 12.1. The van der Waals surface area contributed by atoms with Gasteiger partial charge in [0.15, 0.2) is 0 Å². The molecule has 0 atom stereocenters. The molecule has 90 valence electrons. The van der Waals surface area contributed by atoms with Gasteiger partial charge in [0.1, 0.15) is 0 Å². The molecule has 0 aliphatic rings. The summed E-state index contributed by atoms with van der Waals surface area (Å²) in [5.74, 6) is 0. The Kier molecular flexibility index (Phi) is 3.81. The number of unbranched alkanes of at least 4 members (excludes halogenated alkanes) is 2. The van der Waals surface area contributed by atoms with Crippen LogP contribution in [0, 0.1) is 0 Å². The minimum absolute atomic E-state index is 0.0164. The highest BCUT2D eigenvalue weighted by atomic mass is 16.1. The van der Waals surface area contributed by atoms with Gasteiger partial charge >= 0.3 is 0 Å². The number of nitrogens with zero attached hydrogens (tertiary/aromatic N) is 1. The molecule has 0 fully saturated rings. The number of H-pyrrole nitrogens is 1. The number of aromatic amines is 1. The second kappa shape index (κ2) is 5.53. The summed E-state index contributed by atoms with van der Waals surface area (Å²) in [4.78, 5) is 11.8. The molecule has 0 radical (unpaired) electrons. The van der Waals surface area contributed by atoms with Crippen molar-refractivity contribution in [1.82, 2.24) is 9.78 Å². The van der Waals surface area contributed by atoms with Crippen LogP contribution >= 0.6 is 0 Å². The van der Waals surface area contributed by atoms with Gasteiger partial charge in [-0.1, -0.05) is 38.0 Å². The van der Waals surface area contributed by atoms with Crippen LogP contribution in [0.1, 0.15) is 31.9 Å². The molecular weight excluding hydrogens is 212 g/mol. The van der Waals surface area contributed by atoms with Gasteiger partial charge in [-0.05, 0) is 25.0 Å². The van der Waals surface area contributed by atoms with Crippen molar-refractivity contribution in [2.24, 2.45) is 0 Å². The highest BCUT2D eigenvalue weighted by Gasteiger charge is 2.03. The Balaban J connectivity index is 2.17. The molecule has 0 amide bonds. The van der Waals surface area contributed by atoms with Crippen LogP contribution in [0.25, 0.3) is 5.69 Å². The molecule has 2 rings (SSSR count). The quantitative estimate of drug-likeness (QED) is 0.788. The number of nitrogens with one attached hydrogen (secondary N) is 1. The van der Waals surface area contributed by atoms with E-state index in [2.05, 4.69) is 12.0 Å². The van der Waals surface area contributed by atoms with Crippen molar-refractivity contribution in [2.45, 2.75) is 32.6 Å². The van der Waals surface area contributed by atoms with E-state index in [1.54, 1.807) is 10.7 Å². The van der Waals surface area contributed by atoms with Crippen molar-refractivity contribution in [3.05, 3.63) is 52.4 Å². The number of hydrogen-bond donors (Lipinski definition) is 1. The molecule has 0 unspecified atom stereocenters. The Labute approximate surface area is 101 Å². The van der Waals surface area contributed by atoms with E-state index in [0.29, 0.717) is 0 Å². The van der Waals surface area contributed by atoms with Crippen LogP contribution in [0.3, 0.4) is 0 Å². The fraction of sp³-hybridized carbons (Fsp3) is 0.357. The Hall–Kier alpha value is -1.77. The Morgan fingerprint density at radius 3 is 2.65 bits per heavy atom. The molecule has 2 aromatic rings. The predicted octanol–water partition coefficient (Wildman–Crippen LogP) is 2.90. The normalized spacial score (nSPS) is 10.6. The van der Waals surface area contributed by atoms with E-state index in [-0.39, 0.29) is 5.56 Å². The second-order valence-corrected chi connectivity index (χ2v) is 4.25. The lowest BCUT2D eigenvalue weighted by atomic mass is 10.2. The summed E-state index contributed by atoms with van der Waals surface area (Å²) < 4.78 is 1.60. The third-order valence-corrected chi connectivity index (χ3v) is 2.84. The number of rotatable bonds is 5. The van der Waals surface area contributed by atoms with Gasteiger partial charge in [-0.15, -0.1) is 0 Å². The first-order valence-corrected chi connectivity index (χ1v) is 6.17. The lowest BCUT2D eigenvalue weighted by molar-refractivity contribution is 0.697. The Morgan fingerprint density at radius 2 is 1.94 bits per heavy atom. The zero-order valence-electron chi connectivity index (χ0n) is 10.1. The van der Waals surface area contributed by atoms with Gasteiger partial charge in [0.25, 0.3) is 5.56 Å². The first kappa shape index (κ1) is 11.7. The highest BCUT2D eigenvalue weighted by Crippen LogP contribution is 2.06. The fourth-order valence-electron chi connectivity index (χ4n) is 1.91. The van der Waals surface area contributed by atoms with Crippen LogP contribution in [-0.2, 0) is 6.42 Å². The van der Waals surface area contributed by atoms with Crippen molar-refractivity contribution in [3.8, 4) is 5.69 Å². The molecule has 0 aliphatic heterocycles. The molecule has 17 heavy (non-hydrogen) atoms. The van der Waals surface area contributed by atoms with Gasteiger partial charge in [-0.2, -0.15) is 0 Å². The van der Waals surface area contributed by atoms with Gasteiger partial charge in [0.2, 0.25) is 0 Å². The molecular formula is C14H18N2O. The molecule has 0 spiro atoms. The van der Waals surface area contributed by atoms with Crippen molar-refractivity contribution in [3.63, 3.8) is 0 Å². The van der Waals surface area contributed by atoms with Crippen LogP contribution in [0.15, 0.2) is 41.2 Å². The first-order valence-electron chi connectivity index (χ1n) is 6.17. The molecule has 1 aromatic carbocycles. The van der Waals surface area contributed by atoms with Gasteiger partial charge < -0.3 is 0 Å². The number of benzene rings is 1. The maximum Gasteiger partial charge on any atom is 0.271 e. The fourth-order valence-corrected chi connectivity index (χ4v) is 1.91. The summed E-state index contributed by atoms with van der Waals surface area (Å²) in [6, 6.07) is 11.3. The van der Waals surface area contributed by atoms with E-state index < -0.39 is 0 Å². The van der Waals surface area contributed by atoms with E-state index in [9.17, 15) is 4.79 Å². The summed E-state index contributed by atoms with van der Waals surface area (Å²) in [6.07, 6.45) is 4.48.